The van der Waals surface area contributed by atoms with Gasteiger partial charge >= 0.3 is 6.18 Å². The molecule has 1 aromatic carbocycles. The van der Waals surface area contributed by atoms with E-state index in [2.05, 4.69) is 10.00 Å². The minimum atomic E-state index is -4.62. The first-order valence-electron chi connectivity index (χ1n) is 8.66. The molecule has 0 bridgehead atoms. The van der Waals surface area contributed by atoms with Crippen LogP contribution in [0.5, 0.6) is 0 Å². The summed E-state index contributed by atoms with van der Waals surface area (Å²) in [5.74, 6) is 0. The number of piperazine rings is 1. The van der Waals surface area contributed by atoms with Gasteiger partial charge in [0.2, 0.25) is 0 Å². The molecule has 28 heavy (non-hydrogen) atoms. The molecule has 1 fully saturated rings. The summed E-state index contributed by atoms with van der Waals surface area (Å²) in [5.41, 5.74) is -1.36. The molecule has 1 saturated heterocycles. The molecule has 0 amide bonds. The Labute approximate surface area is 163 Å². The molecule has 3 rings (SSSR count). The number of anilines is 1. The van der Waals surface area contributed by atoms with E-state index in [0.29, 0.717) is 43.7 Å². The van der Waals surface area contributed by atoms with Crippen LogP contribution in [0.15, 0.2) is 24.5 Å². The van der Waals surface area contributed by atoms with Crippen molar-refractivity contribution in [2.24, 2.45) is 0 Å². The van der Waals surface area contributed by atoms with Crippen LogP contribution in [0.1, 0.15) is 12.5 Å². The maximum absolute atomic E-state index is 12.9. The van der Waals surface area contributed by atoms with Gasteiger partial charge in [-0.3, -0.25) is 15.0 Å². The molecule has 0 atom stereocenters. The summed E-state index contributed by atoms with van der Waals surface area (Å²) in [6.45, 7) is 5.26. The molecule has 0 spiro atoms. The van der Waals surface area contributed by atoms with E-state index in [9.17, 15) is 23.3 Å². The second kappa shape index (κ2) is 7.87. The van der Waals surface area contributed by atoms with Gasteiger partial charge < -0.3 is 9.47 Å². The van der Waals surface area contributed by atoms with Crippen LogP contribution in [0.2, 0.25) is 0 Å². The monoisotopic (exact) mass is 416 g/mol. The number of aromatic nitrogens is 3. The smallest absolute Gasteiger partial charge is 0.363 e. The lowest BCUT2D eigenvalue weighted by molar-refractivity contribution is -0.384. The lowest BCUT2D eigenvalue weighted by Gasteiger charge is -2.35. The van der Waals surface area contributed by atoms with Gasteiger partial charge in [-0.2, -0.15) is 18.3 Å². The molecule has 12 heteroatoms. The first kappa shape index (κ1) is 20.3. The quantitative estimate of drug-likeness (QED) is 0.424. The fourth-order valence-electron chi connectivity index (χ4n) is 3.12. The molecule has 0 aliphatic carbocycles. The summed E-state index contributed by atoms with van der Waals surface area (Å²) in [7, 11) is 0. The summed E-state index contributed by atoms with van der Waals surface area (Å²) in [5, 5.41) is 15.5. The van der Waals surface area contributed by atoms with E-state index in [4.69, 9.17) is 12.2 Å². The van der Waals surface area contributed by atoms with Gasteiger partial charge in [0.15, 0.2) is 4.77 Å². The largest absolute Gasteiger partial charge is 0.416 e. The summed E-state index contributed by atoms with van der Waals surface area (Å²) >= 11 is 5.34. The van der Waals surface area contributed by atoms with Crippen LogP contribution < -0.4 is 4.90 Å². The van der Waals surface area contributed by atoms with Crippen LogP contribution >= 0.6 is 12.2 Å². The number of nitro groups is 1. The van der Waals surface area contributed by atoms with Gasteiger partial charge in [0.25, 0.3) is 5.69 Å². The van der Waals surface area contributed by atoms with E-state index in [-0.39, 0.29) is 5.69 Å². The van der Waals surface area contributed by atoms with E-state index in [1.165, 1.54) is 6.07 Å². The standard InChI is InChI=1S/C16H19F3N6O2S/c1-2-22-10-20-24(15(22)28)11-21-5-7-23(8-6-21)13-4-3-12(16(17,18)19)9-14(13)25(26)27/h3-4,9-10H,2,5-8,11H2,1H3. The van der Waals surface area contributed by atoms with Gasteiger partial charge in [0.1, 0.15) is 12.0 Å². The van der Waals surface area contributed by atoms with Gasteiger partial charge in [0, 0.05) is 38.8 Å². The topological polar surface area (TPSA) is 72.4 Å². The van der Waals surface area contributed by atoms with E-state index >= 15 is 0 Å². The van der Waals surface area contributed by atoms with Crippen molar-refractivity contribution in [3.63, 3.8) is 0 Å². The molecule has 0 radical (unpaired) electrons. The molecule has 1 aliphatic heterocycles. The maximum Gasteiger partial charge on any atom is 0.416 e. The number of rotatable bonds is 5. The third-order valence-electron chi connectivity index (χ3n) is 4.68. The number of hydrogen-bond donors (Lipinski definition) is 0. The van der Waals surface area contributed by atoms with Crippen molar-refractivity contribution >= 4 is 23.6 Å². The Hall–Kier alpha value is -2.47. The Morgan fingerprint density at radius 2 is 1.93 bits per heavy atom. The van der Waals surface area contributed by atoms with Crippen molar-refractivity contribution in [1.29, 1.82) is 0 Å². The highest BCUT2D eigenvalue weighted by molar-refractivity contribution is 7.71. The fraction of sp³-hybridized carbons (Fsp3) is 0.500. The van der Waals surface area contributed by atoms with Crippen LogP contribution in [0.25, 0.3) is 0 Å². The lowest BCUT2D eigenvalue weighted by atomic mass is 10.1. The predicted molar refractivity (Wildman–Crippen MR) is 98.6 cm³/mol. The SMILES string of the molecule is CCn1cnn(CN2CCN(c3ccc(C(F)(F)F)cc3[N+](=O)[O-])CC2)c1=S. The number of nitro benzene ring substituents is 1. The van der Waals surface area contributed by atoms with Gasteiger partial charge in [-0.1, -0.05) is 0 Å². The first-order chi connectivity index (χ1) is 13.2. The summed E-state index contributed by atoms with van der Waals surface area (Å²) < 4.78 is 42.7. The third kappa shape index (κ3) is 4.17. The Morgan fingerprint density at radius 1 is 1.25 bits per heavy atom. The van der Waals surface area contributed by atoms with Crippen LogP contribution in [-0.4, -0.2) is 50.3 Å². The zero-order chi connectivity index (χ0) is 20.5. The van der Waals surface area contributed by atoms with E-state index in [1.807, 2.05) is 11.5 Å². The molecule has 0 saturated carbocycles. The molecule has 152 valence electrons. The Kier molecular flexibility index (Phi) is 5.70. The Bertz CT molecular complexity index is 918. The minimum absolute atomic E-state index is 0.199. The van der Waals surface area contributed by atoms with E-state index in [0.717, 1.165) is 12.6 Å². The Morgan fingerprint density at radius 3 is 2.46 bits per heavy atom. The second-order valence-corrected chi connectivity index (χ2v) is 6.77. The summed E-state index contributed by atoms with van der Waals surface area (Å²) in [6.07, 6.45) is -2.95. The highest BCUT2D eigenvalue weighted by Gasteiger charge is 2.34. The first-order valence-corrected chi connectivity index (χ1v) is 9.06. The van der Waals surface area contributed by atoms with Crippen molar-refractivity contribution in [3.8, 4) is 0 Å². The molecule has 1 aliphatic rings. The number of nitrogens with zero attached hydrogens (tertiary/aromatic N) is 6. The number of aryl methyl sites for hydroxylation is 1. The average Bonchev–Trinajstić information content (AvgIpc) is 3.01. The second-order valence-electron chi connectivity index (χ2n) is 6.40. The van der Waals surface area contributed by atoms with E-state index in [1.54, 1.807) is 15.9 Å². The van der Waals surface area contributed by atoms with Crippen LogP contribution in [0.3, 0.4) is 0 Å². The molecule has 2 heterocycles. The number of benzene rings is 1. The molecule has 2 aromatic rings. The molecular weight excluding hydrogens is 397 g/mol. The van der Waals surface area contributed by atoms with Gasteiger partial charge in [-0.05, 0) is 31.3 Å². The fourth-order valence-corrected chi connectivity index (χ4v) is 3.40. The summed E-state index contributed by atoms with van der Waals surface area (Å²) in [4.78, 5) is 14.4. The molecule has 1 aromatic heterocycles. The number of hydrogen-bond acceptors (Lipinski definition) is 6. The minimum Gasteiger partial charge on any atom is -0.363 e. The van der Waals surface area contributed by atoms with Gasteiger partial charge in [-0.15, -0.1) is 0 Å². The summed E-state index contributed by atoms with van der Waals surface area (Å²) in [6, 6.07) is 2.65. The Balaban J connectivity index is 1.71. The zero-order valence-corrected chi connectivity index (χ0v) is 15.9. The van der Waals surface area contributed by atoms with Crippen LogP contribution in [0, 0.1) is 14.9 Å². The molecular formula is C16H19F3N6O2S. The highest BCUT2D eigenvalue weighted by atomic mass is 32.1. The van der Waals surface area contributed by atoms with Crippen molar-refractivity contribution in [2.45, 2.75) is 26.3 Å². The van der Waals surface area contributed by atoms with Crippen molar-refractivity contribution < 1.29 is 18.1 Å². The van der Waals surface area contributed by atoms with Crippen LogP contribution in [-0.2, 0) is 19.4 Å². The van der Waals surface area contributed by atoms with E-state index < -0.39 is 22.4 Å². The van der Waals surface area contributed by atoms with Crippen molar-refractivity contribution in [2.75, 3.05) is 31.1 Å². The lowest BCUT2D eigenvalue weighted by Crippen LogP contribution is -2.47. The maximum atomic E-state index is 12.9. The molecule has 0 unspecified atom stereocenters. The highest BCUT2D eigenvalue weighted by Crippen LogP contribution is 2.36. The molecule has 0 N–H and O–H groups in total. The zero-order valence-electron chi connectivity index (χ0n) is 15.1. The average molecular weight is 416 g/mol. The number of halogens is 3. The number of alkyl halides is 3. The van der Waals surface area contributed by atoms with Gasteiger partial charge in [0.05, 0.1) is 17.2 Å². The van der Waals surface area contributed by atoms with Crippen LogP contribution in [0.4, 0.5) is 24.5 Å². The molecule has 8 nitrogen and oxygen atoms in total. The van der Waals surface area contributed by atoms with Crippen molar-refractivity contribution in [3.05, 3.63) is 45.0 Å². The predicted octanol–water partition coefficient (Wildman–Crippen LogP) is 3.14. The van der Waals surface area contributed by atoms with Crippen molar-refractivity contribution in [1.82, 2.24) is 19.2 Å². The third-order valence-corrected chi connectivity index (χ3v) is 5.13. The normalized spacial score (nSPS) is 15.8. The van der Waals surface area contributed by atoms with Gasteiger partial charge in [-0.25, -0.2) is 4.68 Å².